The van der Waals surface area contributed by atoms with Crippen LogP contribution in [0.15, 0.2) is 18.2 Å². The minimum Gasteiger partial charge on any atom is -0.371 e. The number of rotatable bonds is 5. The molecule has 0 spiro atoms. The molecular formula is C16H23FN2. The van der Waals surface area contributed by atoms with E-state index in [2.05, 4.69) is 23.2 Å². The van der Waals surface area contributed by atoms with Gasteiger partial charge in [0.15, 0.2) is 0 Å². The quantitative estimate of drug-likeness (QED) is 0.875. The van der Waals surface area contributed by atoms with Gasteiger partial charge in [-0.2, -0.15) is 0 Å². The first kappa shape index (κ1) is 12.9. The molecule has 1 saturated carbocycles. The molecule has 1 aromatic carbocycles. The van der Waals surface area contributed by atoms with Crippen molar-refractivity contribution in [1.82, 2.24) is 5.32 Å². The van der Waals surface area contributed by atoms with Crippen LogP contribution in [-0.2, 0) is 6.54 Å². The molecule has 1 unspecified atom stereocenters. The Bertz CT molecular complexity index is 442. The smallest absolute Gasteiger partial charge is 0.125 e. The van der Waals surface area contributed by atoms with Gasteiger partial charge in [-0.25, -0.2) is 4.39 Å². The van der Waals surface area contributed by atoms with Crippen molar-refractivity contribution in [1.29, 1.82) is 0 Å². The van der Waals surface area contributed by atoms with Crippen LogP contribution in [0, 0.1) is 11.7 Å². The largest absolute Gasteiger partial charge is 0.371 e. The number of hydrogen-bond donors (Lipinski definition) is 1. The van der Waals surface area contributed by atoms with Gasteiger partial charge in [0.05, 0.1) is 0 Å². The van der Waals surface area contributed by atoms with Crippen LogP contribution in [0.4, 0.5) is 10.1 Å². The standard InChI is InChI=1S/C16H23FN2/c1-2-12-5-6-19(11-12)16-8-13(7-14(17)9-16)10-18-15-3-4-15/h7-9,12,15,18H,2-6,10-11H2,1H3. The third-order valence-corrected chi connectivity index (χ3v) is 4.34. The van der Waals surface area contributed by atoms with Crippen LogP contribution in [0.1, 0.15) is 38.2 Å². The first-order valence-corrected chi connectivity index (χ1v) is 7.52. The molecule has 3 rings (SSSR count). The highest BCUT2D eigenvalue weighted by molar-refractivity contribution is 5.50. The minimum atomic E-state index is -0.106. The van der Waals surface area contributed by atoms with Crippen molar-refractivity contribution in [2.75, 3.05) is 18.0 Å². The van der Waals surface area contributed by atoms with E-state index in [0.29, 0.717) is 6.04 Å². The summed E-state index contributed by atoms with van der Waals surface area (Å²) in [6.45, 7) is 5.18. The average molecular weight is 262 g/mol. The van der Waals surface area contributed by atoms with Gasteiger partial charge in [-0.05, 0) is 48.9 Å². The fourth-order valence-corrected chi connectivity index (χ4v) is 2.87. The molecule has 1 N–H and O–H groups in total. The van der Waals surface area contributed by atoms with E-state index >= 15 is 0 Å². The zero-order chi connectivity index (χ0) is 13.2. The molecule has 1 saturated heterocycles. The van der Waals surface area contributed by atoms with Crippen molar-refractivity contribution in [2.24, 2.45) is 5.92 Å². The fourth-order valence-electron chi connectivity index (χ4n) is 2.87. The molecule has 1 atom stereocenters. The van der Waals surface area contributed by atoms with E-state index in [1.165, 1.54) is 25.7 Å². The number of halogens is 1. The summed E-state index contributed by atoms with van der Waals surface area (Å²) >= 11 is 0. The highest BCUT2D eigenvalue weighted by atomic mass is 19.1. The second kappa shape index (κ2) is 5.49. The zero-order valence-corrected chi connectivity index (χ0v) is 11.7. The van der Waals surface area contributed by atoms with Crippen LogP contribution in [-0.4, -0.2) is 19.1 Å². The summed E-state index contributed by atoms with van der Waals surface area (Å²) in [5, 5.41) is 3.45. The molecule has 1 heterocycles. The predicted octanol–water partition coefficient (Wildman–Crippen LogP) is 3.31. The third-order valence-electron chi connectivity index (χ3n) is 4.34. The van der Waals surface area contributed by atoms with Gasteiger partial charge < -0.3 is 10.2 Å². The van der Waals surface area contributed by atoms with Crippen LogP contribution in [0.2, 0.25) is 0 Å². The summed E-state index contributed by atoms with van der Waals surface area (Å²) < 4.78 is 13.7. The topological polar surface area (TPSA) is 15.3 Å². The molecule has 104 valence electrons. The first-order valence-electron chi connectivity index (χ1n) is 7.52. The summed E-state index contributed by atoms with van der Waals surface area (Å²) in [6.07, 6.45) is 5.00. The Labute approximate surface area is 115 Å². The van der Waals surface area contributed by atoms with Gasteiger partial charge in [0.1, 0.15) is 5.82 Å². The van der Waals surface area contributed by atoms with E-state index < -0.39 is 0 Å². The monoisotopic (exact) mass is 262 g/mol. The Hall–Kier alpha value is -1.09. The number of nitrogens with one attached hydrogen (secondary N) is 1. The molecular weight excluding hydrogens is 239 g/mol. The summed E-state index contributed by atoms with van der Waals surface area (Å²) in [7, 11) is 0. The summed E-state index contributed by atoms with van der Waals surface area (Å²) in [6, 6.07) is 6.16. The maximum absolute atomic E-state index is 13.7. The lowest BCUT2D eigenvalue weighted by molar-refractivity contribution is 0.568. The van der Waals surface area contributed by atoms with Crippen molar-refractivity contribution in [3.05, 3.63) is 29.6 Å². The fraction of sp³-hybridized carbons (Fsp3) is 0.625. The lowest BCUT2D eigenvalue weighted by Gasteiger charge is -2.20. The highest BCUT2D eigenvalue weighted by Crippen LogP contribution is 2.27. The van der Waals surface area contributed by atoms with E-state index in [1.807, 2.05) is 0 Å². The normalized spacial score (nSPS) is 23.1. The van der Waals surface area contributed by atoms with Crippen LogP contribution >= 0.6 is 0 Å². The Balaban J connectivity index is 1.69. The van der Waals surface area contributed by atoms with E-state index in [9.17, 15) is 4.39 Å². The molecule has 2 fully saturated rings. The molecule has 0 radical (unpaired) electrons. The lowest BCUT2D eigenvalue weighted by atomic mass is 10.1. The summed E-state index contributed by atoms with van der Waals surface area (Å²) in [4.78, 5) is 2.33. The van der Waals surface area contributed by atoms with E-state index in [4.69, 9.17) is 0 Å². The average Bonchev–Trinajstić information content (AvgIpc) is 3.11. The first-order chi connectivity index (χ1) is 9.24. The SMILES string of the molecule is CCC1CCN(c2cc(F)cc(CNC3CC3)c2)C1. The number of nitrogens with zero attached hydrogens (tertiary/aromatic N) is 1. The molecule has 0 amide bonds. The Morgan fingerprint density at radius 1 is 1.26 bits per heavy atom. The predicted molar refractivity (Wildman–Crippen MR) is 76.9 cm³/mol. The van der Waals surface area contributed by atoms with E-state index in [0.717, 1.165) is 36.8 Å². The van der Waals surface area contributed by atoms with Crippen LogP contribution in [0.25, 0.3) is 0 Å². The molecule has 2 nitrogen and oxygen atoms in total. The van der Waals surface area contributed by atoms with Gasteiger partial charge >= 0.3 is 0 Å². The van der Waals surface area contributed by atoms with Crippen molar-refractivity contribution >= 4 is 5.69 Å². The number of hydrogen-bond acceptors (Lipinski definition) is 2. The maximum Gasteiger partial charge on any atom is 0.125 e. The lowest BCUT2D eigenvalue weighted by Crippen LogP contribution is -2.20. The molecule has 0 bridgehead atoms. The molecule has 0 aromatic heterocycles. The maximum atomic E-state index is 13.7. The van der Waals surface area contributed by atoms with Gasteiger partial charge in [0.25, 0.3) is 0 Å². The summed E-state index contributed by atoms with van der Waals surface area (Å²) in [5.41, 5.74) is 2.13. The number of benzene rings is 1. The van der Waals surface area contributed by atoms with Crippen LogP contribution in [0.3, 0.4) is 0 Å². The van der Waals surface area contributed by atoms with Crippen molar-refractivity contribution in [2.45, 2.75) is 45.2 Å². The van der Waals surface area contributed by atoms with Gasteiger partial charge in [-0.1, -0.05) is 13.3 Å². The molecule has 2 aliphatic rings. The van der Waals surface area contributed by atoms with Gasteiger partial charge in [-0.3, -0.25) is 0 Å². The Kier molecular flexibility index (Phi) is 3.74. The second-order valence-electron chi connectivity index (χ2n) is 5.98. The minimum absolute atomic E-state index is 0.106. The Morgan fingerprint density at radius 3 is 2.79 bits per heavy atom. The number of anilines is 1. The van der Waals surface area contributed by atoms with Crippen LogP contribution < -0.4 is 10.2 Å². The highest BCUT2D eigenvalue weighted by Gasteiger charge is 2.23. The molecule has 1 aromatic rings. The van der Waals surface area contributed by atoms with Crippen molar-refractivity contribution in [3.63, 3.8) is 0 Å². The van der Waals surface area contributed by atoms with E-state index in [-0.39, 0.29) is 5.82 Å². The zero-order valence-electron chi connectivity index (χ0n) is 11.7. The second-order valence-corrected chi connectivity index (χ2v) is 5.98. The van der Waals surface area contributed by atoms with Gasteiger partial charge in [0.2, 0.25) is 0 Å². The Morgan fingerprint density at radius 2 is 2.11 bits per heavy atom. The van der Waals surface area contributed by atoms with E-state index in [1.54, 1.807) is 12.1 Å². The molecule has 1 aliphatic carbocycles. The van der Waals surface area contributed by atoms with Crippen molar-refractivity contribution in [3.8, 4) is 0 Å². The van der Waals surface area contributed by atoms with Crippen molar-refractivity contribution < 1.29 is 4.39 Å². The summed E-state index contributed by atoms with van der Waals surface area (Å²) in [5.74, 6) is 0.668. The third kappa shape index (κ3) is 3.27. The molecule has 19 heavy (non-hydrogen) atoms. The molecule has 1 aliphatic heterocycles. The van der Waals surface area contributed by atoms with Gasteiger partial charge in [-0.15, -0.1) is 0 Å². The van der Waals surface area contributed by atoms with Crippen LogP contribution in [0.5, 0.6) is 0 Å². The van der Waals surface area contributed by atoms with Gasteiger partial charge in [0, 0.05) is 31.4 Å². The molecule has 3 heteroatoms.